The molecule has 2 fully saturated rings. The predicted molar refractivity (Wildman–Crippen MR) is 129 cm³/mol. The maximum absolute atomic E-state index is 11.9. The third kappa shape index (κ3) is 6.54. The van der Waals surface area contributed by atoms with E-state index in [2.05, 4.69) is 55.3 Å². The number of aliphatic imine (C=N–C) groups is 1. The summed E-state index contributed by atoms with van der Waals surface area (Å²) in [4.78, 5) is 21.1. The van der Waals surface area contributed by atoms with Gasteiger partial charge in [0, 0.05) is 49.6 Å². The Balaban J connectivity index is 0.00000280. The summed E-state index contributed by atoms with van der Waals surface area (Å²) >= 11 is 2.03. The number of amides is 1. The van der Waals surface area contributed by atoms with Gasteiger partial charge in [0.25, 0.3) is 0 Å². The van der Waals surface area contributed by atoms with Gasteiger partial charge < -0.3 is 15.1 Å². The third-order valence-corrected chi connectivity index (χ3v) is 6.30. The summed E-state index contributed by atoms with van der Waals surface area (Å²) in [6.45, 7) is 11.9. The lowest BCUT2D eigenvalue weighted by Gasteiger charge is -2.39. The molecular weight excluding hydrogens is 483 g/mol. The molecule has 0 saturated carbocycles. The number of halogens is 1. The number of likely N-dealkylation sites (tertiary alicyclic amines) is 1. The molecule has 0 spiro atoms. The van der Waals surface area contributed by atoms with Crippen molar-refractivity contribution in [3.8, 4) is 0 Å². The largest absolute Gasteiger partial charge is 0.357 e. The highest BCUT2D eigenvalue weighted by atomic mass is 127. The quantitative estimate of drug-likeness (QED) is 0.368. The predicted octanol–water partition coefficient (Wildman–Crippen LogP) is 3.72. The first-order valence-corrected chi connectivity index (χ1v) is 11.0. The zero-order chi connectivity index (χ0) is 19.3. The van der Waals surface area contributed by atoms with Gasteiger partial charge in [0.2, 0.25) is 5.91 Å². The Morgan fingerprint density at radius 2 is 2.07 bits per heavy atom. The van der Waals surface area contributed by atoms with Crippen LogP contribution in [-0.4, -0.2) is 58.3 Å². The summed E-state index contributed by atoms with van der Waals surface area (Å²) in [5.41, 5.74) is 2.39. The number of carbonyl (C=O) groups is 1. The molecule has 2 aliphatic rings. The Morgan fingerprint density at radius 3 is 2.75 bits per heavy atom. The van der Waals surface area contributed by atoms with E-state index in [0.29, 0.717) is 19.5 Å². The number of thioether (sulfide) groups is 1. The van der Waals surface area contributed by atoms with Crippen molar-refractivity contribution < 1.29 is 4.79 Å². The van der Waals surface area contributed by atoms with Crippen molar-refractivity contribution in [2.45, 2.75) is 51.4 Å². The lowest BCUT2D eigenvalue weighted by molar-refractivity contribution is -0.128. The SMILES string of the molecule is CCNC(=NCc1cccc(CN2CCCC2=O)c1)N1CCSC(C)(C)C1.I. The highest BCUT2D eigenvalue weighted by molar-refractivity contribution is 14.0. The number of carbonyl (C=O) groups excluding carboxylic acids is 1. The standard InChI is InChI=1S/C21H32N4OS.HI/c1-4-22-20(25-11-12-27-21(2,3)16-25)23-14-17-7-5-8-18(13-17)15-24-10-6-9-19(24)26;/h5,7-8,13H,4,6,9-12,14-16H2,1-3H3,(H,22,23);1H. The van der Waals surface area contributed by atoms with Gasteiger partial charge in [0.05, 0.1) is 6.54 Å². The number of hydrogen-bond acceptors (Lipinski definition) is 3. The van der Waals surface area contributed by atoms with Crippen molar-refractivity contribution in [2.24, 2.45) is 4.99 Å². The van der Waals surface area contributed by atoms with E-state index in [1.807, 2.05) is 16.7 Å². The molecule has 5 nitrogen and oxygen atoms in total. The average Bonchev–Trinajstić information content (AvgIpc) is 3.03. The molecule has 2 heterocycles. The van der Waals surface area contributed by atoms with Gasteiger partial charge in [-0.05, 0) is 38.3 Å². The van der Waals surface area contributed by atoms with E-state index in [0.717, 1.165) is 44.3 Å². The van der Waals surface area contributed by atoms with E-state index >= 15 is 0 Å². The van der Waals surface area contributed by atoms with Crippen LogP contribution >= 0.6 is 35.7 Å². The molecule has 0 bridgehead atoms. The molecule has 3 rings (SSSR count). The highest BCUT2D eigenvalue weighted by Gasteiger charge is 2.28. The van der Waals surface area contributed by atoms with Crippen LogP contribution in [0.4, 0.5) is 0 Å². The Bertz CT molecular complexity index is 695. The fourth-order valence-electron chi connectivity index (χ4n) is 3.71. The summed E-state index contributed by atoms with van der Waals surface area (Å²) in [5.74, 6) is 2.42. The summed E-state index contributed by atoms with van der Waals surface area (Å²) in [6.07, 6.45) is 1.68. The average molecular weight is 516 g/mol. The zero-order valence-corrected chi connectivity index (χ0v) is 20.4. The minimum atomic E-state index is 0. The van der Waals surface area contributed by atoms with E-state index in [4.69, 9.17) is 4.99 Å². The van der Waals surface area contributed by atoms with Crippen LogP contribution in [0.15, 0.2) is 29.3 Å². The van der Waals surface area contributed by atoms with Crippen LogP contribution in [0.5, 0.6) is 0 Å². The van der Waals surface area contributed by atoms with Gasteiger partial charge in [-0.2, -0.15) is 11.8 Å². The number of guanidine groups is 1. The summed E-state index contributed by atoms with van der Waals surface area (Å²) in [7, 11) is 0. The van der Waals surface area contributed by atoms with Crippen LogP contribution < -0.4 is 5.32 Å². The summed E-state index contributed by atoms with van der Waals surface area (Å²) in [6, 6.07) is 8.50. The minimum Gasteiger partial charge on any atom is -0.357 e. The molecule has 7 heteroatoms. The number of benzene rings is 1. The Labute approximate surface area is 190 Å². The van der Waals surface area contributed by atoms with Crippen molar-refractivity contribution in [1.82, 2.24) is 15.1 Å². The van der Waals surface area contributed by atoms with Crippen LogP contribution in [-0.2, 0) is 17.9 Å². The Hall–Kier alpha value is -0.960. The van der Waals surface area contributed by atoms with E-state index < -0.39 is 0 Å². The molecule has 0 atom stereocenters. The molecule has 156 valence electrons. The molecule has 28 heavy (non-hydrogen) atoms. The zero-order valence-electron chi connectivity index (χ0n) is 17.2. The van der Waals surface area contributed by atoms with Gasteiger partial charge in [-0.1, -0.05) is 24.3 Å². The van der Waals surface area contributed by atoms with Crippen LogP contribution in [0.1, 0.15) is 44.7 Å². The highest BCUT2D eigenvalue weighted by Crippen LogP contribution is 2.29. The first kappa shape index (κ1) is 23.3. The second kappa shape index (κ2) is 10.7. The topological polar surface area (TPSA) is 47.9 Å². The van der Waals surface area contributed by atoms with Crippen molar-refractivity contribution in [3.05, 3.63) is 35.4 Å². The molecule has 1 N–H and O–H groups in total. The van der Waals surface area contributed by atoms with E-state index in [9.17, 15) is 4.79 Å². The second-order valence-corrected chi connectivity index (χ2v) is 9.74. The molecule has 0 aromatic heterocycles. The van der Waals surface area contributed by atoms with Gasteiger partial charge in [-0.3, -0.25) is 4.79 Å². The van der Waals surface area contributed by atoms with Crippen LogP contribution in [0.2, 0.25) is 0 Å². The molecule has 0 radical (unpaired) electrons. The minimum absolute atomic E-state index is 0. The molecule has 0 unspecified atom stereocenters. The maximum Gasteiger partial charge on any atom is 0.222 e. The lowest BCUT2D eigenvalue weighted by atomic mass is 10.1. The second-order valence-electron chi connectivity index (χ2n) is 7.94. The summed E-state index contributed by atoms with van der Waals surface area (Å²) < 4.78 is 0.261. The number of hydrogen-bond donors (Lipinski definition) is 1. The fourth-order valence-corrected chi connectivity index (χ4v) is 4.82. The smallest absolute Gasteiger partial charge is 0.222 e. The molecular formula is C21H33IN4OS. The Kier molecular flexibility index (Phi) is 8.92. The third-order valence-electron chi connectivity index (χ3n) is 5.01. The van der Waals surface area contributed by atoms with Gasteiger partial charge >= 0.3 is 0 Å². The van der Waals surface area contributed by atoms with Crippen LogP contribution in [0.3, 0.4) is 0 Å². The van der Waals surface area contributed by atoms with Crippen molar-refractivity contribution in [3.63, 3.8) is 0 Å². The van der Waals surface area contributed by atoms with Gasteiger partial charge in [0.1, 0.15) is 0 Å². The lowest BCUT2D eigenvalue weighted by Crippen LogP contribution is -2.50. The van der Waals surface area contributed by atoms with E-state index in [-0.39, 0.29) is 34.6 Å². The summed E-state index contributed by atoms with van der Waals surface area (Å²) in [5, 5.41) is 3.45. The van der Waals surface area contributed by atoms with Crippen molar-refractivity contribution in [1.29, 1.82) is 0 Å². The van der Waals surface area contributed by atoms with E-state index in [1.54, 1.807) is 0 Å². The van der Waals surface area contributed by atoms with Crippen LogP contribution in [0, 0.1) is 0 Å². The molecule has 1 aromatic rings. The normalized spacial score (nSPS) is 19.5. The van der Waals surface area contributed by atoms with Gasteiger partial charge in [-0.25, -0.2) is 4.99 Å². The first-order chi connectivity index (χ1) is 13.0. The molecule has 1 aromatic carbocycles. The van der Waals surface area contributed by atoms with Gasteiger partial charge in [0.15, 0.2) is 5.96 Å². The Morgan fingerprint density at radius 1 is 1.29 bits per heavy atom. The van der Waals surface area contributed by atoms with E-state index in [1.165, 1.54) is 11.1 Å². The number of nitrogens with one attached hydrogen (secondary N) is 1. The molecule has 2 saturated heterocycles. The van der Waals surface area contributed by atoms with Crippen LogP contribution in [0.25, 0.3) is 0 Å². The number of rotatable bonds is 5. The van der Waals surface area contributed by atoms with Crippen molar-refractivity contribution in [2.75, 3.05) is 31.9 Å². The fraction of sp³-hybridized carbons (Fsp3) is 0.619. The number of nitrogens with zero attached hydrogens (tertiary/aromatic N) is 3. The van der Waals surface area contributed by atoms with Crippen molar-refractivity contribution >= 4 is 47.6 Å². The first-order valence-electron chi connectivity index (χ1n) is 10.00. The molecule has 0 aliphatic carbocycles. The molecule has 1 amide bonds. The van der Waals surface area contributed by atoms with Gasteiger partial charge in [-0.15, -0.1) is 24.0 Å². The monoisotopic (exact) mass is 516 g/mol. The maximum atomic E-state index is 11.9. The molecule has 2 aliphatic heterocycles.